The van der Waals surface area contributed by atoms with Gasteiger partial charge in [0.15, 0.2) is 53.0 Å². The zero-order chi connectivity index (χ0) is 42.0. The second-order valence-electron chi connectivity index (χ2n) is 14.6. The number of hydrogen-bond acceptors (Lipinski definition) is 18. The number of carbonyl (C=O) groups excluding carboxylic acids is 2. The van der Waals surface area contributed by atoms with Crippen LogP contribution >= 0.6 is 0 Å². The molecule has 2 aromatic heterocycles. The van der Waals surface area contributed by atoms with Gasteiger partial charge < -0.3 is 54.7 Å². The Labute approximate surface area is 338 Å². The molecule has 310 valence electrons. The molecular formula is C39H44N10O10. The second-order valence-corrected chi connectivity index (χ2v) is 14.6. The van der Waals surface area contributed by atoms with Crippen molar-refractivity contribution in [2.75, 3.05) is 42.4 Å². The topological polar surface area (TPSA) is 259 Å². The summed E-state index contributed by atoms with van der Waals surface area (Å²) in [6.07, 6.45) is -2.51. The number of rotatable bonds is 12. The minimum Gasteiger partial charge on any atom is -0.493 e. The van der Waals surface area contributed by atoms with Gasteiger partial charge in [0, 0.05) is 19.1 Å². The van der Waals surface area contributed by atoms with Crippen LogP contribution in [0, 0.1) is 0 Å². The first kappa shape index (κ1) is 40.9. The van der Waals surface area contributed by atoms with Crippen LogP contribution < -0.4 is 31.6 Å². The molecule has 0 unspecified atom stereocenters. The number of anilines is 4. The highest BCUT2D eigenvalue weighted by Gasteiger charge is 2.66. The van der Waals surface area contributed by atoms with Crippen molar-refractivity contribution in [1.29, 1.82) is 0 Å². The van der Waals surface area contributed by atoms with Crippen LogP contribution in [0.3, 0.4) is 0 Å². The van der Waals surface area contributed by atoms with E-state index in [0.29, 0.717) is 11.4 Å². The minimum atomic E-state index is -1.44. The molecular weight excluding hydrogens is 768 g/mol. The number of nitrogens with one attached hydrogen (secondary N) is 2. The monoisotopic (exact) mass is 812 g/mol. The maximum absolute atomic E-state index is 13.1. The molecule has 4 atom stereocenters. The van der Waals surface area contributed by atoms with Crippen molar-refractivity contribution >= 4 is 58.0 Å². The molecule has 3 aliphatic heterocycles. The zero-order valence-corrected chi connectivity index (χ0v) is 33.1. The molecule has 2 amide bonds. The molecule has 59 heavy (non-hydrogen) atoms. The summed E-state index contributed by atoms with van der Waals surface area (Å²) in [5.41, 5.74) is 14.6. The van der Waals surface area contributed by atoms with Crippen molar-refractivity contribution < 1.29 is 47.5 Å². The molecule has 0 radical (unpaired) electrons. The first-order valence-electron chi connectivity index (χ1n) is 18.5. The van der Waals surface area contributed by atoms with E-state index >= 15 is 0 Å². The van der Waals surface area contributed by atoms with Gasteiger partial charge in [-0.1, -0.05) is 30.3 Å². The Balaban J connectivity index is 0.974. The van der Waals surface area contributed by atoms with Crippen LogP contribution in [-0.4, -0.2) is 78.0 Å². The molecule has 0 spiro atoms. The predicted molar refractivity (Wildman–Crippen MR) is 211 cm³/mol. The fourth-order valence-electron chi connectivity index (χ4n) is 6.55. The van der Waals surface area contributed by atoms with Crippen molar-refractivity contribution in [2.24, 2.45) is 20.5 Å². The molecule has 3 aliphatic rings. The van der Waals surface area contributed by atoms with Gasteiger partial charge in [0.2, 0.25) is 11.7 Å². The van der Waals surface area contributed by atoms with Crippen LogP contribution in [-0.2, 0) is 39.8 Å². The molecule has 7 rings (SSSR count). The molecule has 0 bridgehead atoms. The first-order chi connectivity index (χ1) is 28.1. The van der Waals surface area contributed by atoms with Crippen LogP contribution in [0.2, 0.25) is 0 Å². The van der Waals surface area contributed by atoms with Gasteiger partial charge in [-0.15, -0.1) is 10.2 Å². The van der Waals surface area contributed by atoms with E-state index in [1.54, 1.807) is 70.2 Å². The fourth-order valence-corrected chi connectivity index (χ4v) is 6.55. The number of nitrogens with zero attached hydrogens (tertiary/aromatic N) is 6. The van der Waals surface area contributed by atoms with E-state index in [2.05, 4.69) is 41.1 Å². The lowest BCUT2D eigenvalue weighted by Gasteiger charge is -2.40. The maximum atomic E-state index is 13.1. The van der Waals surface area contributed by atoms with Crippen molar-refractivity contribution in [2.45, 2.75) is 76.9 Å². The number of azo groups is 2. The highest BCUT2D eigenvalue weighted by Crippen LogP contribution is 2.47. The molecule has 5 heterocycles. The van der Waals surface area contributed by atoms with Gasteiger partial charge in [0.25, 0.3) is 0 Å². The van der Waals surface area contributed by atoms with E-state index in [1.807, 2.05) is 18.2 Å². The quantitative estimate of drug-likeness (QED) is 0.105. The number of nitrogens with two attached hydrogens (primary N) is 2. The van der Waals surface area contributed by atoms with Gasteiger partial charge in [-0.2, -0.15) is 10.2 Å². The first-order valence-corrected chi connectivity index (χ1v) is 18.5. The highest BCUT2D eigenvalue weighted by atomic mass is 16.9. The Hall–Kier alpha value is -6.32. The van der Waals surface area contributed by atoms with Crippen LogP contribution in [0.15, 0.2) is 87.2 Å². The highest BCUT2D eigenvalue weighted by molar-refractivity contribution is 5.90. The number of fused-ring (bicyclic) bond motifs is 3. The smallest absolute Gasteiger partial charge is 0.413 e. The van der Waals surface area contributed by atoms with Gasteiger partial charge in [0.05, 0.1) is 25.1 Å². The van der Waals surface area contributed by atoms with Crippen molar-refractivity contribution in [3.8, 4) is 11.5 Å². The molecule has 0 saturated carbocycles. The normalized spacial score (nSPS) is 22.8. The summed E-state index contributed by atoms with van der Waals surface area (Å²) < 4.78 is 47.5. The molecule has 4 aromatic rings. The molecule has 3 fully saturated rings. The Bertz CT molecular complexity index is 2260. The number of nitrogen functional groups attached to an aromatic ring is 2. The number of hydrogen-bond donors (Lipinski definition) is 4. The van der Waals surface area contributed by atoms with E-state index in [4.69, 9.17) is 49.4 Å². The predicted octanol–water partition coefficient (Wildman–Crippen LogP) is 6.96. The Morgan fingerprint density at radius 1 is 0.814 bits per heavy atom. The molecule has 6 N–H and O–H groups in total. The zero-order valence-electron chi connectivity index (χ0n) is 33.1. The fraction of sp³-hybridized carbons (Fsp3) is 0.385. The summed E-state index contributed by atoms with van der Waals surface area (Å²) >= 11 is 0. The third kappa shape index (κ3) is 9.53. The minimum absolute atomic E-state index is 0.0143. The van der Waals surface area contributed by atoms with Crippen LogP contribution in [0.25, 0.3) is 0 Å². The van der Waals surface area contributed by atoms with E-state index in [1.165, 1.54) is 20.1 Å². The number of carbonyl (C=O) groups is 2. The third-order valence-corrected chi connectivity index (χ3v) is 9.04. The standard InChI is InChI=1S/C39H44N10O10/c1-21(50)42-35-28(17-26(33(41)44-35)49-46-23-10-8-7-9-11-23)53-18-22-12-14-24(15-13-22)47-48-25-16-27(52-6)34(43-32(25)40)45-36(51)54-20-39-31(58-38(4,5)59-39)30-29(19-55-39)56-37(2,3)57-30/h7-17,29-31H,18-20H2,1-6H3,(H3,40,43,45,51)(H3,41,42,44,50)/t29-,30-,31+,39+/m1/s1. The molecule has 20 heteroatoms. The van der Waals surface area contributed by atoms with Gasteiger partial charge in [-0.25, -0.2) is 14.8 Å². The van der Waals surface area contributed by atoms with Gasteiger partial charge >= 0.3 is 6.09 Å². The summed E-state index contributed by atoms with van der Waals surface area (Å²) in [7, 11) is 1.40. The van der Waals surface area contributed by atoms with Gasteiger partial charge in [-0.3, -0.25) is 10.1 Å². The number of pyridine rings is 2. The largest absolute Gasteiger partial charge is 0.493 e. The van der Waals surface area contributed by atoms with Crippen LogP contribution in [0.5, 0.6) is 11.5 Å². The van der Waals surface area contributed by atoms with Crippen molar-refractivity contribution in [1.82, 2.24) is 9.97 Å². The summed E-state index contributed by atoms with van der Waals surface area (Å²) in [5.74, 6) is -3.15. The average Bonchev–Trinajstić information content (AvgIpc) is 3.67. The lowest BCUT2D eigenvalue weighted by molar-refractivity contribution is -0.293. The number of amides is 2. The number of benzene rings is 2. The number of methoxy groups -OCH3 is 1. The summed E-state index contributed by atoms with van der Waals surface area (Å²) in [6.45, 7) is 8.35. The second kappa shape index (κ2) is 16.5. The molecule has 20 nitrogen and oxygen atoms in total. The Morgan fingerprint density at radius 2 is 1.44 bits per heavy atom. The SMILES string of the molecule is COc1cc(N=Nc2ccc(COc3cc(N=Nc4ccccc4)c(N)nc3NC(C)=O)cc2)c(N)nc1NC(=O)OC[C@@]12OC[C@H]3OC(C)(C)O[C@H]3[C@@H]1OC(C)(C)O2. The number of ether oxygens (including phenoxy) is 8. The maximum Gasteiger partial charge on any atom is 0.413 e. The van der Waals surface area contributed by atoms with Gasteiger partial charge in [0.1, 0.15) is 36.3 Å². The van der Waals surface area contributed by atoms with Crippen molar-refractivity contribution in [3.63, 3.8) is 0 Å². The lowest BCUT2D eigenvalue weighted by Crippen LogP contribution is -2.60. The average molecular weight is 813 g/mol. The molecule has 3 saturated heterocycles. The molecule has 2 aromatic carbocycles. The Morgan fingerprint density at radius 3 is 2.08 bits per heavy atom. The van der Waals surface area contributed by atoms with E-state index in [9.17, 15) is 9.59 Å². The number of aromatic nitrogens is 2. The molecule has 0 aliphatic carbocycles. The van der Waals surface area contributed by atoms with Crippen molar-refractivity contribution in [3.05, 3.63) is 72.3 Å². The van der Waals surface area contributed by atoms with E-state index in [0.717, 1.165) is 5.56 Å². The summed E-state index contributed by atoms with van der Waals surface area (Å²) in [4.78, 5) is 33.5. The van der Waals surface area contributed by atoms with Gasteiger partial charge in [-0.05, 0) is 57.5 Å². The third-order valence-electron chi connectivity index (χ3n) is 9.04. The van der Waals surface area contributed by atoms with E-state index < -0.39 is 35.7 Å². The summed E-state index contributed by atoms with van der Waals surface area (Å²) in [5, 5.41) is 22.1. The van der Waals surface area contributed by atoms with Crippen LogP contribution in [0.1, 0.15) is 40.2 Å². The van der Waals surface area contributed by atoms with E-state index in [-0.39, 0.29) is 78.0 Å². The van der Waals surface area contributed by atoms with Crippen LogP contribution in [0.4, 0.5) is 50.8 Å². The Kier molecular flexibility index (Phi) is 11.4. The summed E-state index contributed by atoms with van der Waals surface area (Å²) in [6, 6.07) is 19.2. The lowest BCUT2D eigenvalue weighted by atomic mass is 9.97.